The molecule has 0 saturated heterocycles. The molecule has 2 aliphatic rings. The number of carboxylic acids is 1. The molecule has 1 aromatic carbocycles. The van der Waals surface area contributed by atoms with Gasteiger partial charge in [0.25, 0.3) is 0 Å². The average Bonchev–Trinajstić information content (AvgIpc) is 3.16. The van der Waals surface area contributed by atoms with E-state index in [0.29, 0.717) is 23.3 Å². The Morgan fingerprint density at radius 2 is 1.91 bits per heavy atom. The van der Waals surface area contributed by atoms with Crippen LogP contribution >= 0.6 is 0 Å². The molecule has 35 heavy (non-hydrogen) atoms. The molecule has 0 amide bonds. The van der Waals surface area contributed by atoms with E-state index >= 15 is 0 Å². The number of carboxylic acid groups (broad SMARTS) is 1. The third-order valence-corrected chi connectivity index (χ3v) is 7.78. The highest BCUT2D eigenvalue weighted by Gasteiger charge is 2.29. The van der Waals surface area contributed by atoms with Crippen molar-refractivity contribution in [1.29, 1.82) is 0 Å². The van der Waals surface area contributed by atoms with Crippen molar-refractivity contribution in [2.75, 3.05) is 12.4 Å². The van der Waals surface area contributed by atoms with Crippen molar-refractivity contribution in [3.63, 3.8) is 0 Å². The fourth-order valence-electron chi connectivity index (χ4n) is 5.51. The number of methoxy groups -OCH3 is 1. The highest BCUT2D eigenvalue weighted by Crippen LogP contribution is 2.37. The molecule has 0 spiro atoms. The molecule has 186 valence electrons. The van der Waals surface area contributed by atoms with Gasteiger partial charge in [-0.3, -0.25) is 0 Å². The molecule has 2 aliphatic carbocycles. The minimum Gasteiger partial charge on any atom is -0.496 e. The summed E-state index contributed by atoms with van der Waals surface area (Å²) in [6, 6.07) is 6.25. The summed E-state index contributed by atoms with van der Waals surface area (Å²) >= 11 is 0. The minimum atomic E-state index is -1.15. The van der Waals surface area contributed by atoms with Crippen LogP contribution in [-0.4, -0.2) is 43.7 Å². The Morgan fingerprint density at radius 1 is 1.14 bits per heavy atom. The molecule has 3 aromatic rings. The van der Waals surface area contributed by atoms with Crippen molar-refractivity contribution >= 4 is 23.0 Å². The van der Waals surface area contributed by atoms with Crippen LogP contribution in [0.25, 0.3) is 22.6 Å². The summed E-state index contributed by atoms with van der Waals surface area (Å²) in [7, 11) is 1.66. The van der Waals surface area contributed by atoms with Gasteiger partial charge in [-0.2, -0.15) is 0 Å². The third kappa shape index (κ3) is 4.70. The average molecular weight is 478 g/mol. The molecule has 8 heteroatoms. The Hall–Kier alpha value is -3.16. The molecule has 0 aliphatic heterocycles. The molecule has 8 nitrogen and oxygen atoms in total. The number of carbonyl (C=O) groups is 1. The van der Waals surface area contributed by atoms with E-state index in [2.05, 4.69) is 32.8 Å². The Bertz CT molecular complexity index is 1230. The van der Waals surface area contributed by atoms with E-state index in [9.17, 15) is 9.90 Å². The summed E-state index contributed by atoms with van der Waals surface area (Å²) in [6.45, 7) is 5.00. The van der Waals surface area contributed by atoms with Crippen LogP contribution in [0, 0.1) is 18.8 Å². The van der Waals surface area contributed by atoms with Crippen LogP contribution in [0.2, 0.25) is 0 Å². The molecule has 2 saturated carbocycles. The van der Waals surface area contributed by atoms with Gasteiger partial charge in [0.05, 0.1) is 12.7 Å². The van der Waals surface area contributed by atoms with Gasteiger partial charge in [0.15, 0.2) is 11.5 Å². The summed E-state index contributed by atoms with van der Waals surface area (Å²) < 4.78 is 7.92. The maximum absolute atomic E-state index is 11.9. The van der Waals surface area contributed by atoms with Crippen molar-refractivity contribution in [2.24, 2.45) is 11.8 Å². The summed E-state index contributed by atoms with van der Waals surface area (Å²) in [5.74, 6) is 1.77. The number of anilines is 1. The SMILES string of the molecule is COc1ccc(C)cc1-c1nc2nc(C(=O)O)nc(N[C@H](C)C3CCC3)c2n1CC1CCCCC1. The van der Waals surface area contributed by atoms with Crippen LogP contribution in [0.4, 0.5) is 5.82 Å². The Morgan fingerprint density at radius 3 is 2.57 bits per heavy atom. The molecule has 0 unspecified atom stereocenters. The number of rotatable bonds is 8. The molecule has 2 fully saturated rings. The van der Waals surface area contributed by atoms with Gasteiger partial charge < -0.3 is 19.7 Å². The van der Waals surface area contributed by atoms with E-state index in [-0.39, 0.29) is 11.9 Å². The van der Waals surface area contributed by atoms with Crippen LogP contribution < -0.4 is 10.1 Å². The second kappa shape index (κ2) is 9.84. The Labute approximate surface area is 206 Å². The first-order chi connectivity index (χ1) is 16.9. The molecule has 2 heterocycles. The summed E-state index contributed by atoms with van der Waals surface area (Å²) in [6.07, 6.45) is 9.73. The first-order valence-corrected chi connectivity index (χ1v) is 12.9. The highest BCUT2D eigenvalue weighted by molar-refractivity contribution is 5.92. The van der Waals surface area contributed by atoms with Crippen LogP contribution in [-0.2, 0) is 6.54 Å². The molecule has 0 bridgehead atoms. The molecule has 0 radical (unpaired) electrons. The smallest absolute Gasteiger partial charge is 0.374 e. The topological polar surface area (TPSA) is 102 Å². The maximum Gasteiger partial charge on any atom is 0.374 e. The number of aromatic carboxylic acids is 1. The number of imidazole rings is 1. The molecule has 1 atom stereocenters. The van der Waals surface area contributed by atoms with E-state index in [4.69, 9.17) is 9.72 Å². The number of aryl methyl sites for hydroxylation is 1. The molecule has 5 rings (SSSR count). The monoisotopic (exact) mass is 477 g/mol. The van der Waals surface area contributed by atoms with Gasteiger partial charge in [0, 0.05) is 12.6 Å². The lowest BCUT2D eigenvalue weighted by Crippen LogP contribution is -2.31. The van der Waals surface area contributed by atoms with Gasteiger partial charge in [-0.05, 0) is 63.5 Å². The lowest BCUT2D eigenvalue weighted by Gasteiger charge is -2.32. The zero-order valence-corrected chi connectivity index (χ0v) is 20.9. The number of nitrogens with one attached hydrogen (secondary N) is 1. The number of hydrogen-bond donors (Lipinski definition) is 2. The lowest BCUT2D eigenvalue weighted by molar-refractivity contribution is 0.0684. The van der Waals surface area contributed by atoms with Crippen molar-refractivity contribution < 1.29 is 14.6 Å². The molecular formula is C27H35N5O3. The zero-order chi connectivity index (χ0) is 24.5. The van der Waals surface area contributed by atoms with Crippen LogP contribution in [0.1, 0.15) is 74.5 Å². The first-order valence-electron chi connectivity index (χ1n) is 12.9. The van der Waals surface area contributed by atoms with Gasteiger partial charge in [0.1, 0.15) is 17.1 Å². The fraction of sp³-hybridized carbons (Fsp3) is 0.556. The van der Waals surface area contributed by atoms with Gasteiger partial charge in [0.2, 0.25) is 5.82 Å². The third-order valence-electron chi connectivity index (χ3n) is 7.78. The Kier molecular flexibility index (Phi) is 6.62. The van der Waals surface area contributed by atoms with Crippen LogP contribution in [0.15, 0.2) is 18.2 Å². The Balaban J connectivity index is 1.70. The van der Waals surface area contributed by atoms with Gasteiger partial charge in [-0.25, -0.2) is 19.7 Å². The number of ether oxygens (including phenoxy) is 1. The first kappa shape index (κ1) is 23.6. The van der Waals surface area contributed by atoms with Crippen molar-refractivity contribution in [3.05, 3.63) is 29.6 Å². The summed E-state index contributed by atoms with van der Waals surface area (Å²) in [5.41, 5.74) is 3.18. The van der Waals surface area contributed by atoms with Crippen LogP contribution in [0.5, 0.6) is 5.75 Å². The standard InChI is InChI=1S/C27H35N5O3/c1-16-12-13-21(35-3)20(14-16)26-31-24-22(32(26)15-18-8-5-4-6-9-18)23(29-25(30-24)27(33)34)28-17(2)19-10-7-11-19/h12-14,17-19H,4-11,15H2,1-3H3,(H,33,34)(H,28,29,30)/t17-/m1/s1. The molecule has 2 N–H and O–H groups in total. The van der Waals surface area contributed by atoms with E-state index in [1.165, 1.54) is 51.4 Å². The quantitative estimate of drug-likeness (QED) is 0.430. The van der Waals surface area contributed by atoms with Crippen molar-refractivity contribution in [1.82, 2.24) is 19.5 Å². The predicted molar refractivity (Wildman–Crippen MR) is 136 cm³/mol. The molecule has 2 aromatic heterocycles. The number of aromatic nitrogens is 4. The number of benzene rings is 1. The number of nitrogens with zero attached hydrogens (tertiary/aromatic N) is 4. The lowest BCUT2D eigenvalue weighted by atomic mass is 9.80. The highest BCUT2D eigenvalue weighted by atomic mass is 16.5. The second-order valence-corrected chi connectivity index (χ2v) is 10.3. The zero-order valence-electron chi connectivity index (χ0n) is 20.9. The number of hydrogen-bond acceptors (Lipinski definition) is 6. The largest absolute Gasteiger partial charge is 0.496 e. The van der Waals surface area contributed by atoms with Crippen molar-refractivity contribution in [2.45, 2.75) is 77.8 Å². The van der Waals surface area contributed by atoms with Crippen molar-refractivity contribution in [3.8, 4) is 17.1 Å². The molecular weight excluding hydrogens is 442 g/mol. The summed E-state index contributed by atoms with van der Waals surface area (Å²) in [4.78, 5) is 25.7. The van der Waals surface area contributed by atoms with Gasteiger partial charge in [-0.15, -0.1) is 0 Å². The van der Waals surface area contributed by atoms with Crippen LogP contribution in [0.3, 0.4) is 0 Å². The van der Waals surface area contributed by atoms with E-state index in [1.54, 1.807) is 7.11 Å². The normalized spacial score (nSPS) is 17.8. The maximum atomic E-state index is 11.9. The van der Waals surface area contributed by atoms with E-state index in [0.717, 1.165) is 34.8 Å². The summed E-state index contributed by atoms with van der Waals surface area (Å²) in [5, 5.41) is 13.3. The second-order valence-electron chi connectivity index (χ2n) is 10.3. The van der Waals surface area contributed by atoms with E-state index in [1.807, 2.05) is 19.1 Å². The minimum absolute atomic E-state index is 0.193. The fourth-order valence-corrected chi connectivity index (χ4v) is 5.51. The number of fused-ring (bicyclic) bond motifs is 1. The van der Waals surface area contributed by atoms with Gasteiger partial charge in [-0.1, -0.05) is 37.3 Å². The van der Waals surface area contributed by atoms with E-state index < -0.39 is 5.97 Å². The predicted octanol–water partition coefficient (Wildman–Crippen LogP) is 5.69. The van der Waals surface area contributed by atoms with Gasteiger partial charge >= 0.3 is 5.97 Å².